The lowest BCUT2D eigenvalue weighted by molar-refractivity contribution is 0.0691. The summed E-state index contributed by atoms with van der Waals surface area (Å²) in [7, 11) is 0. The molecule has 3 aromatic rings. The zero-order chi connectivity index (χ0) is 14.1. The molecule has 0 amide bonds. The minimum Gasteiger partial charge on any atom is -0.476 e. The van der Waals surface area contributed by atoms with Crippen LogP contribution < -0.4 is 0 Å². The quantitative estimate of drug-likeness (QED) is 0.755. The number of carbonyl (C=O) groups is 1. The Kier molecular flexibility index (Phi) is 2.79. The molecule has 1 aromatic carbocycles. The number of hydrogen-bond acceptors (Lipinski definition) is 5. The van der Waals surface area contributed by atoms with E-state index in [2.05, 4.69) is 20.1 Å². The first-order valence-corrected chi connectivity index (χ1v) is 5.83. The van der Waals surface area contributed by atoms with Crippen LogP contribution in [0.5, 0.6) is 0 Å². The molecule has 0 aliphatic heterocycles. The minimum atomic E-state index is -1.16. The minimum absolute atomic E-state index is 0.0930. The monoisotopic (exact) mass is 270 g/mol. The van der Waals surface area contributed by atoms with Crippen LogP contribution in [0.4, 0.5) is 0 Å². The Morgan fingerprint density at radius 1 is 1.30 bits per heavy atom. The maximum absolute atomic E-state index is 11.0. The molecule has 0 bridgehead atoms. The summed E-state index contributed by atoms with van der Waals surface area (Å²) in [4.78, 5) is 21.6. The van der Waals surface area contributed by atoms with Crippen molar-refractivity contribution in [3.63, 3.8) is 0 Å². The van der Waals surface area contributed by atoms with E-state index in [1.165, 1.54) is 6.33 Å². The predicted octanol–water partition coefficient (Wildman–Crippen LogP) is 2.13. The van der Waals surface area contributed by atoms with Crippen LogP contribution in [0.2, 0.25) is 0 Å². The second kappa shape index (κ2) is 4.61. The Morgan fingerprint density at radius 3 is 2.75 bits per heavy atom. The number of H-pyrrole nitrogens is 1. The number of aryl methyl sites for hydroxylation is 1. The van der Waals surface area contributed by atoms with E-state index in [1.54, 1.807) is 0 Å². The van der Waals surface area contributed by atoms with Crippen LogP contribution in [-0.4, -0.2) is 31.2 Å². The molecule has 20 heavy (non-hydrogen) atoms. The molecule has 0 aliphatic rings. The summed E-state index contributed by atoms with van der Waals surface area (Å²) in [6.45, 7) is 1.98. The summed E-state index contributed by atoms with van der Waals surface area (Å²) in [5.74, 6) is -0.669. The third-order valence-corrected chi connectivity index (χ3v) is 2.79. The first kappa shape index (κ1) is 12.1. The van der Waals surface area contributed by atoms with E-state index < -0.39 is 5.97 Å². The summed E-state index contributed by atoms with van der Waals surface area (Å²) >= 11 is 0. The van der Waals surface area contributed by atoms with Crippen LogP contribution in [-0.2, 0) is 0 Å². The fourth-order valence-electron chi connectivity index (χ4n) is 1.76. The molecule has 7 heteroatoms. The lowest BCUT2D eigenvalue weighted by Gasteiger charge is -1.94. The standard InChI is InChI=1S/C13H10N4O3/c1-7-2-4-8(5-3-7)11-16-12(20-17-11)9-10(13(18)19)15-6-14-9/h2-6H,1H3,(H,14,15)(H,18,19). The number of benzene rings is 1. The van der Waals surface area contributed by atoms with Crippen LogP contribution in [0.3, 0.4) is 0 Å². The van der Waals surface area contributed by atoms with Crippen molar-refractivity contribution in [3.8, 4) is 23.0 Å². The van der Waals surface area contributed by atoms with Crippen molar-refractivity contribution in [1.82, 2.24) is 20.1 Å². The lowest BCUT2D eigenvalue weighted by atomic mass is 10.1. The lowest BCUT2D eigenvalue weighted by Crippen LogP contribution is -1.99. The molecular formula is C13H10N4O3. The zero-order valence-corrected chi connectivity index (χ0v) is 10.5. The SMILES string of the molecule is Cc1ccc(-c2noc(-c3[nH]cnc3C(=O)O)n2)cc1. The van der Waals surface area contributed by atoms with Crippen LogP contribution in [0.1, 0.15) is 16.1 Å². The molecule has 2 heterocycles. The molecule has 0 atom stereocenters. The van der Waals surface area contributed by atoms with Crippen molar-refractivity contribution < 1.29 is 14.4 Å². The number of hydrogen-bond donors (Lipinski definition) is 2. The van der Waals surface area contributed by atoms with Crippen molar-refractivity contribution in [3.05, 3.63) is 41.9 Å². The molecule has 0 spiro atoms. The van der Waals surface area contributed by atoms with E-state index >= 15 is 0 Å². The smallest absolute Gasteiger partial charge is 0.356 e. The van der Waals surface area contributed by atoms with Gasteiger partial charge < -0.3 is 14.6 Å². The highest BCUT2D eigenvalue weighted by Gasteiger charge is 2.20. The number of aromatic carboxylic acids is 1. The number of nitrogens with zero attached hydrogens (tertiary/aromatic N) is 3. The Labute approximate surface area is 113 Å². The number of carboxylic acid groups (broad SMARTS) is 1. The molecule has 7 nitrogen and oxygen atoms in total. The van der Waals surface area contributed by atoms with Gasteiger partial charge in [-0.1, -0.05) is 35.0 Å². The largest absolute Gasteiger partial charge is 0.476 e. The summed E-state index contributed by atoms with van der Waals surface area (Å²) in [5.41, 5.74) is 1.97. The maximum Gasteiger partial charge on any atom is 0.356 e. The molecule has 100 valence electrons. The molecule has 2 aromatic heterocycles. The highest BCUT2D eigenvalue weighted by Crippen LogP contribution is 2.23. The molecule has 2 N–H and O–H groups in total. The summed E-state index contributed by atoms with van der Waals surface area (Å²) < 4.78 is 5.09. The van der Waals surface area contributed by atoms with E-state index in [0.29, 0.717) is 5.82 Å². The summed E-state index contributed by atoms with van der Waals surface area (Å²) in [5, 5.41) is 12.8. The Morgan fingerprint density at radius 2 is 2.05 bits per heavy atom. The van der Waals surface area contributed by atoms with Crippen molar-refractivity contribution in [2.24, 2.45) is 0 Å². The molecule has 0 radical (unpaired) electrons. The second-order valence-corrected chi connectivity index (χ2v) is 4.22. The Balaban J connectivity index is 2.00. The number of nitrogens with one attached hydrogen (secondary N) is 1. The van der Waals surface area contributed by atoms with Crippen molar-refractivity contribution in [1.29, 1.82) is 0 Å². The molecule has 0 unspecified atom stereocenters. The van der Waals surface area contributed by atoms with E-state index in [0.717, 1.165) is 11.1 Å². The van der Waals surface area contributed by atoms with E-state index in [4.69, 9.17) is 9.63 Å². The number of carboxylic acids is 1. The second-order valence-electron chi connectivity index (χ2n) is 4.22. The fraction of sp³-hybridized carbons (Fsp3) is 0.0769. The van der Waals surface area contributed by atoms with Gasteiger partial charge in [-0.25, -0.2) is 9.78 Å². The van der Waals surface area contributed by atoms with Gasteiger partial charge in [0, 0.05) is 5.56 Å². The van der Waals surface area contributed by atoms with E-state index in [9.17, 15) is 4.79 Å². The van der Waals surface area contributed by atoms with Crippen molar-refractivity contribution >= 4 is 5.97 Å². The average molecular weight is 270 g/mol. The average Bonchev–Trinajstić information content (AvgIpc) is 3.08. The van der Waals surface area contributed by atoms with Crippen molar-refractivity contribution in [2.75, 3.05) is 0 Å². The van der Waals surface area contributed by atoms with Crippen LogP contribution >= 0.6 is 0 Å². The van der Waals surface area contributed by atoms with Gasteiger partial charge in [0.2, 0.25) is 5.82 Å². The molecular weight excluding hydrogens is 260 g/mol. The predicted molar refractivity (Wildman–Crippen MR) is 69.0 cm³/mol. The van der Waals surface area contributed by atoms with Crippen LogP contribution in [0.15, 0.2) is 35.1 Å². The van der Waals surface area contributed by atoms with Gasteiger partial charge >= 0.3 is 5.97 Å². The topological polar surface area (TPSA) is 105 Å². The highest BCUT2D eigenvalue weighted by molar-refractivity contribution is 5.91. The molecule has 0 saturated heterocycles. The molecule has 0 saturated carbocycles. The van der Waals surface area contributed by atoms with Gasteiger partial charge in [-0.05, 0) is 6.92 Å². The van der Waals surface area contributed by atoms with Gasteiger partial charge in [0.1, 0.15) is 5.69 Å². The Bertz CT molecular complexity index is 758. The van der Waals surface area contributed by atoms with Gasteiger partial charge in [-0.15, -0.1) is 0 Å². The van der Waals surface area contributed by atoms with Gasteiger partial charge in [-0.3, -0.25) is 0 Å². The maximum atomic E-state index is 11.0. The van der Waals surface area contributed by atoms with Crippen LogP contribution in [0.25, 0.3) is 23.0 Å². The van der Waals surface area contributed by atoms with Gasteiger partial charge in [-0.2, -0.15) is 4.98 Å². The fourth-order valence-corrected chi connectivity index (χ4v) is 1.76. The van der Waals surface area contributed by atoms with Gasteiger partial charge in [0.25, 0.3) is 5.89 Å². The number of aromatic amines is 1. The number of rotatable bonds is 3. The number of imidazole rings is 1. The zero-order valence-electron chi connectivity index (χ0n) is 10.5. The number of aromatic nitrogens is 4. The van der Waals surface area contributed by atoms with Gasteiger partial charge in [0.15, 0.2) is 5.69 Å². The molecule has 3 rings (SSSR count). The Hall–Kier alpha value is -2.96. The third kappa shape index (κ3) is 2.05. The normalized spacial score (nSPS) is 10.7. The van der Waals surface area contributed by atoms with Crippen molar-refractivity contribution in [2.45, 2.75) is 6.92 Å². The van der Waals surface area contributed by atoms with E-state index in [1.807, 2.05) is 31.2 Å². The van der Waals surface area contributed by atoms with Crippen LogP contribution in [0, 0.1) is 6.92 Å². The molecule has 0 fully saturated rings. The molecule has 0 aliphatic carbocycles. The first-order chi connectivity index (χ1) is 9.65. The van der Waals surface area contributed by atoms with E-state index in [-0.39, 0.29) is 17.3 Å². The third-order valence-electron chi connectivity index (χ3n) is 2.79. The summed E-state index contributed by atoms with van der Waals surface area (Å²) in [6.07, 6.45) is 1.27. The van der Waals surface area contributed by atoms with Gasteiger partial charge in [0.05, 0.1) is 6.33 Å². The highest BCUT2D eigenvalue weighted by atomic mass is 16.5. The first-order valence-electron chi connectivity index (χ1n) is 5.83. The summed E-state index contributed by atoms with van der Waals surface area (Å²) in [6, 6.07) is 7.61.